The lowest BCUT2D eigenvalue weighted by molar-refractivity contribution is -0.144. The van der Waals surface area contributed by atoms with E-state index in [1.54, 1.807) is 46.6 Å². The number of ether oxygens (including phenoxy) is 1. The Morgan fingerprint density at radius 2 is 1.52 bits per heavy atom. The van der Waals surface area contributed by atoms with Gasteiger partial charge in [-0.05, 0) is 60.9 Å². The van der Waals surface area contributed by atoms with Crippen LogP contribution in [0.3, 0.4) is 0 Å². The number of nitrogen functional groups attached to an aromatic ring is 1. The number of likely N-dealkylation sites (N-methyl/N-ethyl adjacent to an activating group) is 1. The number of aromatic hydroxyl groups is 1. The molecule has 5 aromatic rings. The molecule has 2 unspecified atom stereocenters. The van der Waals surface area contributed by atoms with E-state index in [1.807, 2.05) is 102 Å². The lowest BCUT2D eigenvalue weighted by atomic mass is 9.85. The van der Waals surface area contributed by atoms with Gasteiger partial charge in [0.2, 0.25) is 23.6 Å². The van der Waals surface area contributed by atoms with Crippen LogP contribution in [-0.4, -0.2) is 104 Å². The third kappa shape index (κ3) is 15.3. The van der Waals surface area contributed by atoms with E-state index in [1.165, 1.54) is 4.90 Å². The Labute approximate surface area is 422 Å². The van der Waals surface area contributed by atoms with Crippen molar-refractivity contribution in [1.29, 1.82) is 0 Å². The first-order valence-corrected chi connectivity index (χ1v) is 25.8. The molecule has 6 N–H and O–H groups in total. The van der Waals surface area contributed by atoms with Crippen molar-refractivity contribution in [3.63, 3.8) is 0 Å². The first kappa shape index (κ1) is 54.0. The van der Waals surface area contributed by atoms with Crippen molar-refractivity contribution < 1.29 is 34.1 Å². The smallest absolute Gasteiger partial charge is 0.246 e. The molecule has 4 amide bonds. The van der Waals surface area contributed by atoms with Gasteiger partial charge in [-0.3, -0.25) is 19.2 Å². The molecular weight excluding hydrogens is 917 g/mol. The molecule has 3 heterocycles. The van der Waals surface area contributed by atoms with Crippen LogP contribution in [0.4, 0.5) is 5.82 Å². The number of amides is 4. The minimum Gasteiger partial charge on any atom is -0.507 e. The number of unbranched alkanes of at least 4 members (excludes halogenated alkanes) is 7. The highest BCUT2D eigenvalue weighted by molar-refractivity contribution is 7.13. The SMILES string of the molecule is Cc1ncsc1-c1ccc([C@H](C)NC(=O)[C@@H]2CC(O)CN2C(=O)[C@@H](NC(=O)CCCCCCCCCCC(=O)N(C)CC(COc2cc(-c3ccccc3O)nnc2N)c2ccccc2)C(C)(C)C)cc1. The summed E-state index contributed by atoms with van der Waals surface area (Å²) in [5, 5.41) is 35.2. The molecule has 3 aromatic carbocycles. The molecule has 6 rings (SSSR count). The predicted octanol–water partition coefficient (Wildman–Crippen LogP) is 8.76. The molecule has 71 heavy (non-hydrogen) atoms. The van der Waals surface area contributed by atoms with Crippen LogP contribution in [-0.2, 0) is 19.2 Å². The zero-order valence-corrected chi connectivity index (χ0v) is 42.9. The summed E-state index contributed by atoms with van der Waals surface area (Å²) in [4.78, 5) is 63.0. The maximum atomic E-state index is 14.1. The fraction of sp³-hybridized carbons (Fsp3) is 0.473. The number of thiazole rings is 1. The van der Waals surface area contributed by atoms with E-state index in [2.05, 4.69) is 25.8 Å². The van der Waals surface area contributed by atoms with E-state index in [0.29, 0.717) is 36.4 Å². The van der Waals surface area contributed by atoms with Crippen molar-refractivity contribution in [2.45, 2.75) is 135 Å². The minimum absolute atomic E-state index is 0.0176. The molecule has 1 aliphatic rings. The Bertz CT molecular complexity index is 2530. The second-order valence-corrected chi connectivity index (χ2v) is 20.8. The Morgan fingerprint density at radius 1 is 0.873 bits per heavy atom. The van der Waals surface area contributed by atoms with E-state index in [9.17, 15) is 29.4 Å². The van der Waals surface area contributed by atoms with E-state index >= 15 is 0 Å². The molecule has 0 bridgehead atoms. The van der Waals surface area contributed by atoms with Crippen LogP contribution in [0.25, 0.3) is 21.7 Å². The summed E-state index contributed by atoms with van der Waals surface area (Å²) in [7, 11) is 1.82. The summed E-state index contributed by atoms with van der Waals surface area (Å²) in [6, 6.07) is 24.3. The van der Waals surface area contributed by atoms with Crippen LogP contribution in [0.15, 0.2) is 90.4 Å². The van der Waals surface area contributed by atoms with Crippen LogP contribution in [0.2, 0.25) is 0 Å². The van der Waals surface area contributed by atoms with Crippen LogP contribution in [0.5, 0.6) is 11.5 Å². The van der Waals surface area contributed by atoms with E-state index in [0.717, 1.165) is 72.2 Å². The number of rotatable bonds is 24. The molecule has 15 nitrogen and oxygen atoms in total. The molecule has 0 aliphatic carbocycles. The summed E-state index contributed by atoms with van der Waals surface area (Å²) in [6.07, 6.45) is 7.38. The lowest BCUT2D eigenvalue weighted by Crippen LogP contribution is -2.57. The molecule has 2 aromatic heterocycles. The molecule has 16 heteroatoms. The molecule has 1 aliphatic heterocycles. The molecular formula is C55H72N8O7S. The number of aliphatic hydroxyl groups excluding tert-OH is 1. The van der Waals surface area contributed by atoms with Gasteiger partial charge in [-0.15, -0.1) is 21.5 Å². The number of aromatic nitrogens is 3. The first-order chi connectivity index (χ1) is 34.0. The van der Waals surface area contributed by atoms with Crippen LogP contribution < -0.4 is 21.1 Å². The van der Waals surface area contributed by atoms with Gasteiger partial charge in [0.25, 0.3) is 0 Å². The first-order valence-electron chi connectivity index (χ1n) is 24.9. The number of likely N-dealkylation sites (tertiary alicyclic amines) is 1. The quantitative estimate of drug-likeness (QED) is 0.0369. The Morgan fingerprint density at radius 3 is 2.17 bits per heavy atom. The topological polar surface area (TPSA) is 213 Å². The third-order valence-corrected chi connectivity index (χ3v) is 14.2. The number of benzene rings is 3. The van der Waals surface area contributed by atoms with Gasteiger partial charge >= 0.3 is 0 Å². The van der Waals surface area contributed by atoms with Crippen molar-refractivity contribution >= 4 is 40.8 Å². The number of para-hydroxylation sites is 1. The normalized spacial score (nSPS) is 16.0. The summed E-state index contributed by atoms with van der Waals surface area (Å²) < 4.78 is 6.20. The molecule has 0 saturated carbocycles. The zero-order chi connectivity index (χ0) is 51.1. The molecule has 380 valence electrons. The highest BCUT2D eigenvalue weighted by atomic mass is 32.1. The molecule has 1 fully saturated rings. The molecule has 1 saturated heterocycles. The van der Waals surface area contributed by atoms with Crippen molar-refractivity contribution in [1.82, 2.24) is 35.6 Å². The third-order valence-electron chi connectivity index (χ3n) is 13.2. The minimum atomic E-state index is -0.872. The number of hydrogen-bond donors (Lipinski definition) is 5. The number of phenols is 1. The van der Waals surface area contributed by atoms with Gasteiger partial charge in [-0.1, -0.05) is 126 Å². The number of carbonyl (C=O) groups excluding carboxylic acids is 4. The monoisotopic (exact) mass is 989 g/mol. The number of phenolic OH excluding ortho intramolecular Hbond substituents is 1. The van der Waals surface area contributed by atoms with Crippen molar-refractivity contribution in [3.05, 3.63) is 107 Å². The number of aliphatic hydroxyl groups is 1. The average molecular weight is 989 g/mol. The summed E-state index contributed by atoms with van der Waals surface area (Å²) >= 11 is 1.58. The maximum Gasteiger partial charge on any atom is 0.246 e. The van der Waals surface area contributed by atoms with Crippen molar-refractivity contribution in [2.24, 2.45) is 5.41 Å². The summed E-state index contributed by atoms with van der Waals surface area (Å²) in [5.41, 5.74) is 12.2. The number of nitrogens with one attached hydrogen (secondary N) is 2. The summed E-state index contributed by atoms with van der Waals surface area (Å²) in [5.74, 6) is -0.436. The number of hydrogen-bond acceptors (Lipinski definition) is 12. The standard InChI is InChI=1S/C55H72N8O7S/c1-36(38-26-28-40(29-27-38)50-37(2)57-35-71-50)58-53(68)45-30-42(64)33-63(45)54(69)51(55(3,4)5)59-48(66)24-16-11-9-7-8-10-12-17-25-49(67)62(6)32-41(39-20-14-13-15-21-39)34-70-47-31-44(60-61-52(47)56)43-22-18-19-23-46(43)65/h13-15,18-23,26-29,31,35-36,41-42,45,51,64-65H,7-12,16-17,24-25,30,32-34H2,1-6H3,(H2,56,61)(H,58,68)(H,59,66)/t36-,41?,42?,45-,51+/m0/s1. The van der Waals surface area contributed by atoms with Crippen LogP contribution in [0, 0.1) is 12.3 Å². The highest BCUT2D eigenvalue weighted by Crippen LogP contribution is 2.33. The van der Waals surface area contributed by atoms with Crippen LogP contribution in [0.1, 0.15) is 127 Å². The van der Waals surface area contributed by atoms with Gasteiger partial charge in [0, 0.05) is 56.9 Å². The molecule has 0 radical (unpaired) electrons. The Hall–Kier alpha value is -6.39. The number of carbonyl (C=O) groups is 4. The van der Waals surface area contributed by atoms with Gasteiger partial charge < -0.3 is 41.1 Å². The fourth-order valence-corrected chi connectivity index (χ4v) is 9.80. The molecule has 5 atom stereocenters. The van der Waals surface area contributed by atoms with Gasteiger partial charge in [0.1, 0.15) is 23.5 Å². The molecule has 0 spiro atoms. The largest absolute Gasteiger partial charge is 0.507 e. The average Bonchev–Trinajstić information content (AvgIpc) is 3.97. The van der Waals surface area contributed by atoms with Gasteiger partial charge in [-0.25, -0.2) is 4.98 Å². The van der Waals surface area contributed by atoms with Gasteiger partial charge in [0.15, 0.2) is 11.6 Å². The van der Waals surface area contributed by atoms with E-state index in [4.69, 9.17) is 10.5 Å². The van der Waals surface area contributed by atoms with Crippen molar-refractivity contribution in [2.75, 3.05) is 32.5 Å². The lowest BCUT2D eigenvalue weighted by Gasteiger charge is -2.35. The fourth-order valence-electron chi connectivity index (χ4n) is 8.99. The number of aryl methyl sites for hydroxylation is 1. The second kappa shape index (κ2) is 25.6. The number of nitrogens with zero attached hydrogens (tertiary/aromatic N) is 5. The van der Waals surface area contributed by atoms with Gasteiger partial charge in [0.05, 0.1) is 34.8 Å². The highest BCUT2D eigenvalue weighted by Gasteiger charge is 2.44. The predicted molar refractivity (Wildman–Crippen MR) is 278 cm³/mol. The summed E-state index contributed by atoms with van der Waals surface area (Å²) in [6.45, 7) is 10.3. The number of nitrogens with two attached hydrogens (primary N) is 1. The zero-order valence-electron chi connectivity index (χ0n) is 42.1. The van der Waals surface area contributed by atoms with Crippen LogP contribution >= 0.6 is 11.3 Å². The number of anilines is 1. The van der Waals surface area contributed by atoms with Gasteiger partial charge in [-0.2, -0.15) is 0 Å². The second-order valence-electron chi connectivity index (χ2n) is 19.9. The van der Waals surface area contributed by atoms with E-state index < -0.39 is 23.6 Å². The van der Waals surface area contributed by atoms with Crippen molar-refractivity contribution in [3.8, 4) is 33.2 Å². The number of β-amino-alcohol motifs (C(OH)–C–C–N with tert-alkyl or cyclic N) is 1. The Kier molecular flexibility index (Phi) is 19.5. The van der Waals surface area contributed by atoms with E-state index in [-0.39, 0.29) is 73.1 Å². The maximum absolute atomic E-state index is 14.1. The Balaban J connectivity index is 0.875.